The monoisotopic (exact) mass is 358 g/mol. The van der Waals surface area contributed by atoms with Crippen LogP contribution in [0.5, 0.6) is 5.75 Å². The van der Waals surface area contributed by atoms with Gasteiger partial charge >= 0.3 is 5.97 Å². The van der Waals surface area contributed by atoms with Crippen LogP contribution in [0.1, 0.15) is 61.9 Å². The molecule has 0 amide bonds. The summed E-state index contributed by atoms with van der Waals surface area (Å²) in [6, 6.07) is 13.7. The zero-order valence-corrected chi connectivity index (χ0v) is 15.5. The highest BCUT2D eigenvalue weighted by Gasteiger charge is 2.15. The number of halogens is 1. The molecule has 2 rings (SSSR count). The molecule has 3 nitrogen and oxygen atoms in total. The number of carbonyl (C=O) groups excluding carboxylic acids is 1. The maximum atomic E-state index is 14.2. The van der Waals surface area contributed by atoms with Crippen LogP contribution in [-0.2, 0) is 11.3 Å². The molecule has 0 spiro atoms. The molecule has 140 valence electrons. The lowest BCUT2D eigenvalue weighted by Crippen LogP contribution is -2.15. The van der Waals surface area contributed by atoms with E-state index in [0.717, 1.165) is 24.8 Å². The summed E-state index contributed by atoms with van der Waals surface area (Å²) in [7, 11) is 0. The lowest BCUT2D eigenvalue weighted by atomic mass is 10.1. The van der Waals surface area contributed by atoms with Crippen LogP contribution in [0.15, 0.2) is 48.5 Å². The fraction of sp³-hybridized carbons (Fsp3) is 0.409. The van der Waals surface area contributed by atoms with Gasteiger partial charge in [0.1, 0.15) is 6.61 Å². The Labute approximate surface area is 155 Å². The van der Waals surface area contributed by atoms with Crippen molar-refractivity contribution in [2.24, 2.45) is 0 Å². The molecule has 0 fully saturated rings. The Hall–Kier alpha value is -2.36. The number of carbonyl (C=O) groups is 1. The Kier molecular flexibility index (Phi) is 8.13. The summed E-state index contributed by atoms with van der Waals surface area (Å²) < 4.78 is 25.1. The third kappa shape index (κ3) is 6.51. The molecule has 0 aliphatic heterocycles. The van der Waals surface area contributed by atoms with Gasteiger partial charge in [-0.15, -0.1) is 0 Å². The third-order valence-corrected chi connectivity index (χ3v) is 4.18. The smallest absolute Gasteiger partial charge is 0.338 e. The molecule has 0 N–H and O–H groups in total. The van der Waals surface area contributed by atoms with Crippen molar-refractivity contribution < 1.29 is 18.7 Å². The summed E-state index contributed by atoms with van der Waals surface area (Å²) >= 11 is 0. The number of ether oxygens (including phenoxy) is 2. The molecule has 0 heterocycles. The number of rotatable bonds is 10. The molecule has 4 heteroatoms. The van der Waals surface area contributed by atoms with E-state index in [1.165, 1.54) is 31.0 Å². The highest BCUT2D eigenvalue weighted by Crippen LogP contribution is 2.21. The Morgan fingerprint density at radius 3 is 2.54 bits per heavy atom. The van der Waals surface area contributed by atoms with Crippen LogP contribution in [0.3, 0.4) is 0 Å². The van der Waals surface area contributed by atoms with Crippen LogP contribution < -0.4 is 4.74 Å². The second kappa shape index (κ2) is 10.6. The van der Waals surface area contributed by atoms with Crippen LogP contribution >= 0.6 is 0 Å². The second-order valence-corrected chi connectivity index (χ2v) is 6.48. The zero-order valence-electron chi connectivity index (χ0n) is 15.5. The van der Waals surface area contributed by atoms with Crippen molar-refractivity contribution in [1.29, 1.82) is 0 Å². The average molecular weight is 358 g/mol. The number of unbranched alkanes of at least 4 members (excludes halogenated alkanes) is 3. The van der Waals surface area contributed by atoms with Crippen LogP contribution in [0, 0.1) is 5.82 Å². The van der Waals surface area contributed by atoms with Crippen molar-refractivity contribution >= 4 is 5.97 Å². The highest BCUT2D eigenvalue weighted by atomic mass is 19.1. The summed E-state index contributed by atoms with van der Waals surface area (Å²) in [5, 5.41) is 0. The minimum atomic E-state index is -0.564. The first kappa shape index (κ1) is 20.0. The Balaban J connectivity index is 1.86. The highest BCUT2D eigenvalue weighted by molar-refractivity contribution is 5.89. The molecule has 0 unspecified atom stereocenters. The van der Waals surface area contributed by atoms with Gasteiger partial charge in [-0.2, -0.15) is 0 Å². The Morgan fingerprint density at radius 2 is 1.85 bits per heavy atom. The van der Waals surface area contributed by atoms with Crippen molar-refractivity contribution in [1.82, 2.24) is 0 Å². The molecule has 0 aliphatic carbocycles. The van der Waals surface area contributed by atoms with Crippen LogP contribution in [-0.4, -0.2) is 12.1 Å². The molecule has 0 radical (unpaired) electrons. The molecule has 0 saturated heterocycles. The normalized spacial score (nSPS) is 11.8. The van der Waals surface area contributed by atoms with Crippen molar-refractivity contribution in [3.63, 3.8) is 0 Å². The van der Waals surface area contributed by atoms with Gasteiger partial charge in [-0.1, -0.05) is 56.5 Å². The van der Waals surface area contributed by atoms with Crippen molar-refractivity contribution in [3.05, 3.63) is 65.5 Å². The minimum absolute atomic E-state index is 0.123. The molecule has 0 aromatic heterocycles. The Morgan fingerprint density at radius 1 is 1.08 bits per heavy atom. The summed E-state index contributed by atoms with van der Waals surface area (Å²) in [5.74, 6) is -0.939. The third-order valence-electron chi connectivity index (χ3n) is 4.18. The van der Waals surface area contributed by atoms with Crippen molar-refractivity contribution in [3.8, 4) is 5.75 Å². The van der Waals surface area contributed by atoms with Gasteiger partial charge in [-0.05, 0) is 43.5 Å². The van der Waals surface area contributed by atoms with Crippen molar-refractivity contribution in [2.75, 3.05) is 0 Å². The van der Waals surface area contributed by atoms with Crippen LogP contribution in [0.4, 0.5) is 4.39 Å². The van der Waals surface area contributed by atoms with Gasteiger partial charge in [0, 0.05) is 0 Å². The SMILES string of the molecule is CCCCCC[C@@H](C)OC(=O)c1ccc(OCc2ccccc2)c(F)c1. The van der Waals surface area contributed by atoms with E-state index in [4.69, 9.17) is 9.47 Å². The zero-order chi connectivity index (χ0) is 18.8. The summed E-state index contributed by atoms with van der Waals surface area (Å²) in [5.41, 5.74) is 1.15. The largest absolute Gasteiger partial charge is 0.486 e. The minimum Gasteiger partial charge on any atom is -0.486 e. The molecule has 2 aromatic rings. The van der Waals surface area contributed by atoms with Gasteiger partial charge in [0.25, 0.3) is 0 Å². The standard InChI is InChI=1S/C22H27FO3/c1-3-4-5-7-10-17(2)26-22(24)19-13-14-21(20(23)15-19)25-16-18-11-8-6-9-12-18/h6,8-9,11-15,17H,3-5,7,10,16H2,1-2H3/t17-/m1/s1. The first-order valence-corrected chi connectivity index (χ1v) is 9.27. The summed E-state index contributed by atoms with van der Waals surface area (Å²) in [6.45, 7) is 4.30. The van der Waals surface area contributed by atoms with Gasteiger partial charge in [0.15, 0.2) is 11.6 Å². The fourth-order valence-electron chi connectivity index (χ4n) is 2.65. The average Bonchev–Trinajstić information content (AvgIpc) is 2.65. The number of hydrogen-bond acceptors (Lipinski definition) is 3. The number of hydrogen-bond donors (Lipinski definition) is 0. The van der Waals surface area contributed by atoms with E-state index in [-0.39, 0.29) is 24.0 Å². The molecule has 2 aromatic carbocycles. The van der Waals surface area contributed by atoms with E-state index in [9.17, 15) is 9.18 Å². The molecule has 1 atom stereocenters. The molecule has 26 heavy (non-hydrogen) atoms. The van der Waals surface area contributed by atoms with Gasteiger partial charge < -0.3 is 9.47 Å². The maximum absolute atomic E-state index is 14.2. The molecular weight excluding hydrogens is 331 g/mol. The van der Waals surface area contributed by atoms with E-state index in [2.05, 4.69) is 6.92 Å². The van der Waals surface area contributed by atoms with E-state index in [0.29, 0.717) is 0 Å². The van der Waals surface area contributed by atoms with Crippen LogP contribution in [0.25, 0.3) is 0 Å². The lowest BCUT2D eigenvalue weighted by Gasteiger charge is -2.14. The first-order chi connectivity index (χ1) is 12.6. The molecular formula is C22H27FO3. The number of benzene rings is 2. The molecule has 0 aliphatic rings. The lowest BCUT2D eigenvalue weighted by molar-refractivity contribution is 0.0318. The van der Waals surface area contributed by atoms with Gasteiger partial charge in [0.2, 0.25) is 0 Å². The molecule has 0 saturated carbocycles. The van der Waals surface area contributed by atoms with Crippen molar-refractivity contribution in [2.45, 2.75) is 58.7 Å². The van der Waals surface area contributed by atoms with Crippen LogP contribution in [0.2, 0.25) is 0 Å². The van der Waals surface area contributed by atoms with Gasteiger partial charge in [0.05, 0.1) is 11.7 Å². The first-order valence-electron chi connectivity index (χ1n) is 9.27. The Bertz CT molecular complexity index is 685. The summed E-state index contributed by atoms with van der Waals surface area (Å²) in [4.78, 5) is 12.2. The molecule has 0 bridgehead atoms. The number of esters is 1. The van der Waals surface area contributed by atoms with E-state index in [1.54, 1.807) is 0 Å². The van der Waals surface area contributed by atoms with E-state index >= 15 is 0 Å². The van der Waals surface area contributed by atoms with Gasteiger partial charge in [-0.25, -0.2) is 9.18 Å². The van der Waals surface area contributed by atoms with E-state index in [1.807, 2.05) is 37.3 Å². The van der Waals surface area contributed by atoms with Gasteiger partial charge in [-0.3, -0.25) is 0 Å². The van der Waals surface area contributed by atoms with E-state index < -0.39 is 11.8 Å². The fourth-order valence-corrected chi connectivity index (χ4v) is 2.65. The predicted octanol–water partition coefficient (Wildman–Crippen LogP) is 5.92. The maximum Gasteiger partial charge on any atom is 0.338 e. The quantitative estimate of drug-likeness (QED) is 0.390. The predicted molar refractivity (Wildman–Crippen MR) is 101 cm³/mol. The summed E-state index contributed by atoms with van der Waals surface area (Å²) in [6.07, 6.45) is 5.19. The topological polar surface area (TPSA) is 35.5 Å². The second-order valence-electron chi connectivity index (χ2n) is 6.48.